The average molecular weight is 279 g/mol. The predicted octanol–water partition coefficient (Wildman–Crippen LogP) is 1.85. The second-order valence-corrected chi connectivity index (χ2v) is 6.71. The number of nitrogens with zero attached hydrogens (tertiary/aromatic N) is 1. The fourth-order valence-electron chi connectivity index (χ4n) is 3.52. The summed E-state index contributed by atoms with van der Waals surface area (Å²) in [5.74, 6) is 0.777. The first-order valence-electron chi connectivity index (χ1n) is 7.10. The largest absolute Gasteiger partial charge is 0.351 e. The third kappa shape index (κ3) is 2.30. The first-order chi connectivity index (χ1) is 9.22. The topological polar surface area (TPSA) is 54.0 Å². The molecule has 1 aliphatic heterocycles. The molecule has 3 rings (SSSR count). The van der Waals surface area contributed by atoms with Crippen LogP contribution in [0.1, 0.15) is 36.3 Å². The molecule has 1 aromatic rings. The van der Waals surface area contributed by atoms with Crippen LogP contribution in [0.5, 0.6) is 0 Å². The maximum Gasteiger partial charge on any atom is 0.228 e. The fourth-order valence-corrected chi connectivity index (χ4v) is 4.24. The van der Waals surface area contributed by atoms with Crippen molar-refractivity contribution in [1.82, 2.24) is 15.6 Å². The van der Waals surface area contributed by atoms with Gasteiger partial charge in [-0.15, -0.1) is 11.3 Å². The van der Waals surface area contributed by atoms with Crippen LogP contribution in [-0.4, -0.2) is 24.0 Å². The Morgan fingerprint density at radius 3 is 3.32 bits per heavy atom. The molecule has 104 valence electrons. The van der Waals surface area contributed by atoms with Gasteiger partial charge in [-0.05, 0) is 32.2 Å². The Kier molecular flexibility index (Phi) is 3.58. The molecule has 2 fully saturated rings. The molecule has 0 bridgehead atoms. The van der Waals surface area contributed by atoms with E-state index in [4.69, 9.17) is 0 Å². The van der Waals surface area contributed by atoms with E-state index in [1.54, 1.807) is 11.3 Å². The Balaban J connectivity index is 1.67. The van der Waals surface area contributed by atoms with E-state index in [0.717, 1.165) is 25.2 Å². The lowest BCUT2D eigenvalue weighted by Crippen LogP contribution is -2.47. The number of hydrogen-bond donors (Lipinski definition) is 2. The zero-order valence-electron chi connectivity index (χ0n) is 11.4. The third-order valence-electron chi connectivity index (χ3n) is 4.74. The monoisotopic (exact) mass is 279 g/mol. The molecule has 0 spiro atoms. The summed E-state index contributed by atoms with van der Waals surface area (Å²) in [5.41, 5.74) is 2.74. The van der Waals surface area contributed by atoms with Gasteiger partial charge in [-0.3, -0.25) is 4.79 Å². The van der Waals surface area contributed by atoms with E-state index in [-0.39, 0.29) is 11.3 Å². The Bertz CT molecular complexity index is 473. The van der Waals surface area contributed by atoms with Crippen LogP contribution in [0, 0.1) is 18.3 Å². The van der Waals surface area contributed by atoms with E-state index < -0.39 is 0 Å². The predicted molar refractivity (Wildman–Crippen MR) is 76.0 cm³/mol. The molecule has 2 atom stereocenters. The SMILES string of the molecule is Cc1ncsc1CNC(=O)[C@@]12CCCC[C@H]1CNC2. The molecule has 1 saturated heterocycles. The molecule has 0 aromatic carbocycles. The molecule has 2 heterocycles. The van der Waals surface area contributed by atoms with E-state index in [2.05, 4.69) is 15.6 Å². The van der Waals surface area contributed by atoms with E-state index in [1.807, 2.05) is 12.4 Å². The van der Waals surface area contributed by atoms with Gasteiger partial charge in [0, 0.05) is 11.4 Å². The molecular weight excluding hydrogens is 258 g/mol. The quantitative estimate of drug-likeness (QED) is 0.888. The lowest BCUT2D eigenvalue weighted by molar-refractivity contribution is -0.134. The van der Waals surface area contributed by atoms with Crippen molar-refractivity contribution < 1.29 is 4.79 Å². The van der Waals surface area contributed by atoms with Crippen LogP contribution in [0.25, 0.3) is 0 Å². The maximum atomic E-state index is 12.6. The van der Waals surface area contributed by atoms with E-state index in [9.17, 15) is 4.79 Å². The number of aryl methyl sites for hydroxylation is 1. The van der Waals surface area contributed by atoms with Gasteiger partial charge >= 0.3 is 0 Å². The van der Waals surface area contributed by atoms with Gasteiger partial charge in [-0.1, -0.05) is 12.8 Å². The highest BCUT2D eigenvalue weighted by molar-refractivity contribution is 7.09. The van der Waals surface area contributed by atoms with Crippen LogP contribution >= 0.6 is 11.3 Å². The molecule has 0 radical (unpaired) electrons. The number of thiazole rings is 1. The number of rotatable bonds is 3. The Morgan fingerprint density at radius 1 is 1.63 bits per heavy atom. The highest BCUT2D eigenvalue weighted by atomic mass is 32.1. The van der Waals surface area contributed by atoms with Crippen molar-refractivity contribution in [1.29, 1.82) is 0 Å². The molecule has 1 amide bonds. The van der Waals surface area contributed by atoms with Crippen LogP contribution < -0.4 is 10.6 Å². The number of aromatic nitrogens is 1. The van der Waals surface area contributed by atoms with Crippen molar-refractivity contribution in [3.63, 3.8) is 0 Å². The van der Waals surface area contributed by atoms with Crippen molar-refractivity contribution in [2.24, 2.45) is 11.3 Å². The van der Waals surface area contributed by atoms with E-state index in [0.29, 0.717) is 12.5 Å². The third-order valence-corrected chi connectivity index (χ3v) is 5.68. The second kappa shape index (κ2) is 5.21. The summed E-state index contributed by atoms with van der Waals surface area (Å²) in [4.78, 5) is 18.0. The number of hydrogen-bond acceptors (Lipinski definition) is 4. The molecule has 19 heavy (non-hydrogen) atoms. The van der Waals surface area contributed by atoms with Crippen LogP contribution in [0.3, 0.4) is 0 Å². The fraction of sp³-hybridized carbons (Fsp3) is 0.714. The van der Waals surface area contributed by atoms with Crippen molar-refractivity contribution in [3.05, 3.63) is 16.1 Å². The second-order valence-electron chi connectivity index (χ2n) is 5.77. The molecule has 1 aliphatic carbocycles. The summed E-state index contributed by atoms with van der Waals surface area (Å²) in [6.45, 7) is 4.48. The minimum Gasteiger partial charge on any atom is -0.351 e. The molecule has 1 aromatic heterocycles. The summed E-state index contributed by atoms with van der Waals surface area (Å²) in [7, 11) is 0. The molecule has 2 aliphatic rings. The van der Waals surface area contributed by atoms with E-state index >= 15 is 0 Å². The highest BCUT2D eigenvalue weighted by Gasteiger charge is 2.49. The van der Waals surface area contributed by atoms with Gasteiger partial charge < -0.3 is 10.6 Å². The van der Waals surface area contributed by atoms with Crippen LogP contribution in [0.4, 0.5) is 0 Å². The van der Waals surface area contributed by atoms with Gasteiger partial charge in [0.25, 0.3) is 0 Å². The Labute approximate surface area is 118 Å². The first-order valence-corrected chi connectivity index (χ1v) is 7.98. The maximum absolute atomic E-state index is 12.6. The summed E-state index contributed by atoms with van der Waals surface area (Å²) in [5, 5.41) is 6.57. The molecular formula is C14H21N3OS. The Hall–Kier alpha value is -0.940. The normalized spacial score (nSPS) is 30.1. The number of nitrogens with one attached hydrogen (secondary N) is 2. The lowest BCUT2D eigenvalue weighted by atomic mass is 9.67. The molecule has 1 saturated carbocycles. The van der Waals surface area contributed by atoms with Gasteiger partial charge in [-0.25, -0.2) is 4.98 Å². The summed E-state index contributed by atoms with van der Waals surface area (Å²) < 4.78 is 0. The zero-order chi connectivity index (χ0) is 13.3. The number of carbonyl (C=O) groups is 1. The molecule has 2 N–H and O–H groups in total. The summed E-state index contributed by atoms with van der Waals surface area (Å²) in [6, 6.07) is 0. The van der Waals surface area contributed by atoms with Gasteiger partial charge in [0.1, 0.15) is 0 Å². The first kappa shape index (κ1) is 13.1. The lowest BCUT2D eigenvalue weighted by Gasteiger charge is -2.37. The zero-order valence-corrected chi connectivity index (χ0v) is 12.2. The minimum absolute atomic E-state index is 0.142. The van der Waals surface area contributed by atoms with E-state index in [1.165, 1.54) is 24.1 Å². The smallest absolute Gasteiger partial charge is 0.228 e. The minimum atomic E-state index is -0.142. The van der Waals surface area contributed by atoms with Gasteiger partial charge in [-0.2, -0.15) is 0 Å². The number of amides is 1. The summed E-state index contributed by atoms with van der Waals surface area (Å²) in [6.07, 6.45) is 4.69. The number of fused-ring (bicyclic) bond motifs is 1. The Morgan fingerprint density at radius 2 is 2.53 bits per heavy atom. The summed E-state index contributed by atoms with van der Waals surface area (Å²) >= 11 is 1.62. The van der Waals surface area contributed by atoms with Crippen molar-refractivity contribution >= 4 is 17.2 Å². The number of carbonyl (C=O) groups excluding carboxylic acids is 1. The highest BCUT2D eigenvalue weighted by Crippen LogP contribution is 2.43. The van der Waals surface area contributed by atoms with Crippen LogP contribution in [-0.2, 0) is 11.3 Å². The standard InChI is InChI=1S/C14H21N3OS/c1-10-12(19-9-17-10)7-16-13(18)14-5-3-2-4-11(14)6-15-8-14/h9,11,15H,2-8H2,1H3,(H,16,18)/t11-,14+/m0/s1. The van der Waals surface area contributed by atoms with Crippen molar-refractivity contribution in [2.75, 3.05) is 13.1 Å². The van der Waals surface area contributed by atoms with Gasteiger partial charge in [0.05, 0.1) is 23.2 Å². The van der Waals surface area contributed by atoms with Gasteiger partial charge in [0.2, 0.25) is 5.91 Å². The molecule has 5 heteroatoms. The van der Waals surface area contributed by atoms with Crippen LogP contribution in [0.2, 0.25) is 0 Å². The molecule has 0 unspecified atom stereocenters. The van der Waals surface area contributed by atoms with Crippen LogP contribution in [0.15, 0.2) is 5.51 Å². The molecule has 4 nitrogen and oxygen atoms in total. The van der Waals surface area contributed by atoms with Gasteiger partial charge in [0.15, 0.2) is 0 Å². The van der Waals surface area contributed by atoms with Crippen molar-refractivity contribution in [2.45, 2.75) is 39.2 Å². The average Bonchev–Trinajstić information content (AvgIpc) is 3.02. The van der Waals surface area contributed by atoms with Crippen molar-refractivity contribution in [3.8, 4) is 0 Å².